The summed E-state index contributed by atoms with van der Waals surface area (Å²) in [4.78, 5) is 8.89. The summed E-state index contributed by atoms with van der Waals surface area (Å²) < 4.78 is 41.6. The molecule has 2 atom stereocenters. The van der Waals surface area contributed by atoms with Gasteiger partial charge in [0.25, 0.3) is 0 Å². The molecule has 0 aliphatic rings. The fourth-order valence-corrected chi connectivity index (χ4v) is 3.62. The molecule has 5 nitrogen and oxygen atoms in total. The number of nitrogens with one attached hydrogen (secondary N) is 1. The number of rotatable bonds is 17. The van der Waals surface area contributed by atoms with Gasteiger partial charge in [0, 0.05) is 37.7 Å². The van der Waals surface area contributed by atoms with Crippen molar-refractivity contribution < 1.29 is 17.9 Å². The maximum Gasteiger partial charge on any atom is 0.523 e. The number of nitrogens with zero attached hydrogens (tertiary/aromatic N) is 3. The summed E-state index contributed by atoms with van der Waals surface area (Å²) in [7, 11) is 0. The van der Waals surface area contributed by atoms with Crippen molar-refractivity contribution in [3.05, 3.63) is 54.5 Å². The Hall–Kier alpha value is -1.90. The zero-order chi connectivity index (χ0) is 24.7. The highest BCUT2D eigenvalue weighted by Gasteiger charge is 2.32. The van der Waals surface area contributed by atoms with Gasteiger partial charge in [0.2, 0.25) is 0 Å². The quantitative estimate of drug-likeness (QED) is 0.233. The number of likely N-dealkylation sites (N-methyl/N-ethyl adjacent to an activating group) is 2. The highest BCUT2D eigenvalue weighted by atomic mass is 19.4. The molecule has 0 bridgehead atoms. The molecule has 0 amide bonds. The van der Waals surface area contributed by atoms with E-state index in [0.717, 1.165) is 57.7 Å². The number of hydrogen-bond donors (Lipinski definition) is 1. The summed E-state index contributed by atoms with van der Waals surface area (Å²) in [6, 6.07) is 4.08. The predicted molar refractivity (Wildman–Crippen MR) is 128 cm³/mol. The fraction of sp³-hybridized carbons (Fsp3) is 0.640. The van der Waals surface area contributed by atoms with Gasteiger partial charge in [-0.3, -0.25) is 19.5 Å². The zero-order valence-corrected chi connectivity index (χ0v) is 20.6. The molecule has 0 aromatic carbocycles. The summed E-state index contributed by atoms with van der Waals surface area (Å²) in [5.74, 6) is 0. The van der Waals surface area contributed by atoms with Crippen LogP contribution < -0.4 is 5.32 Å². The van der Waals surface area contributed by atoms with Crippen molar-refractivity contribution in [1.29, 1.82) is 0 Å². The number of aromatic nitrogens is 1. The molecule has 1 N–H and O–H groups in total. The number of allylic oxidation sites excluding steroid dienone is 1. The molecule has 0 aliphatic heterocycles. The monoisotopic (exact) mass is 470 g/mol. The minimum Gasteiger partial charge on any atom is -0.373 e. The lowest BCUT2D eigenvalue weighted by Crippen LogP contribution is -2.47. The minimum atomic E-state index is -4.67. The average Bonchev–Trinajstić information content (AvgIpc) is 2.79. The van der Waals surface area contributed by atoms with Crippen molar-refractivity contribution in [2.24, 2.45) is 0 Å². The van der Waals surface area contributed by atoms with Crippen LogP contribution in [0.25, 0.3) is 0 Å². The summed E-state index contributed by atoms with van der Waals surface area (Å²) >= 11 is 0. The second-order valence-electron chi connectivity index (χ2n) is 8.12. The van der Waals surface area contributed by atoms with Crippen molar-refractivity contribution >= 4 is 0 Å². The lowest BCUT2D eigenvalue weighted by Gasteiger charge is -2.34. The number of unbranched alkanes of at least 4 members (excludes halogenated alkanes) is 1. The van der Waals surface area contributed by atoms with Crippen LogP contribution in [0.15, 0.2) is 49.0 Å². The van der Waals surface area contributed by atoms with Crippen LogP contribution in [0.3, 0.4) is 0 Å². The Morgan fingerprint density at radius 3 is 2.42 bits per heavy atom. The molecule has 0 saturated heterocycles. The van der Waals surface area contributed by atoms with E-state index in [1.807, 2.05) is 31.5 Å². The summed E-state index contributed by atoms with van der Waals surface area (Å²) in [5, 5.41) is 3.53. The Morgan fingerprint density at radius 2 is 1.88 bits per heavy atom. The first kappa shape index (κ1) is 29.1. The molecule has 0 saturated carbocycles. The lowest BCUT2D eigenvalue weighted by molar-refractivity contribution is -0.335. The van der Waals surface area contributed by atoms with Gasteiger partial charge in [-0.15, -0.1) is 19.8 Å². The molecule has 0 radical (unpaired) electrons. The van der Waals surface area contributed by atoms with E-state index in [2.05, 4.69) is 52.2 Å². The smallest absolute Gasteiger partial charge is 0.373 e. The zero-order valence-electron chi connectivity index (χ0n) is 20.6. The fourth-order valence-electron chi connectivity index (χ4n) is 3.62. The van der Waals surface area contributed by atoms with Gasteiger partial charge in [-0.1, -0.05) is 45.8 Å². The highest BCUT2D eigenvalue weighted by Crippen LogP contribution is 2.21. The van der Waals surface area contributed by atoms with Crippen molar-refractivity contribution in [1.82, 2.24) is 20.1 Å². The standard InChI is InChI=1S/C25H41F3N4O/c1-6-10-11-24(30-21(5)12-13-23(7-2)33-25(26,27)28)32(9-4)19-18-31(8-3)20-22-14-16-29-17-15-22/h7,12,14-17,23-24,30H,2,6,8-11,13,18-20H2,1,3-5H3/b21-12+. The first-order valence-electron chi connectivity index (χ1n) is 11.9. The van der Waals surface area contributed by atoms with E-state index in [1.165, 1.54) is 11.6 Å². The van der Waals surface area contributed by atoms with Gasteiger partial charge >= 0.3 is 6.36 Å². The number of alkyl halides is 3. The van der Waals surface area contributed by atoms with E-state index in [4.69, 9.17) is 0 Å². The maximum atomic E-state index is 12.5. The summed E-state index contributed by atoms with van der Waals surface area (Å²) in [6.45, 7) is 16.4. The third kappa shape index (κ3) is 12.8. The van der Waals surface area contributed by atoms with E-state index in [0.29, 0.717) is 0 Å². The summed E-state index contributed by atoms with van der Waals surface area (Å²) in [5.41, 5.74) is 2.09. The van der Waals surface area contributed by atoms with Gasteiger partial charge in [-0.05, 0) is 50.6 Å². The first-order valence-corrected chi connectivity index (χ1v) is 11.9. The van der Waals surface area contributed by atoms with Crippen LogP contribution >= 0.6 is 0 Å². The molecule has 1 rings (SSSR count). The van der Waals surface area contributed by atoms with Gasteiger partial charge in [-0.25, -0.2) is 0 Å². The minimum absolute atomic E-state index is 0.115. The predicted octanol–water partition coefficient (Wildman–Crippen LogP) is 5.72. The molecule has 2 unspecified atom stereocenters. The number of ether oxygens (including phenoxy) is 1. The molecular formula is C25H41F3N4O. The van der Waals surface area contributed by atoms with Gasteiger partial charge < -0.3 is 5.32 Å². The van der Waals surface area contributed by atoms with Crippen LogP contribution in [0.5, 0.6) is 0 Å². The van der Waals surface area contributed by atoms with Crippen LogP contribution in [0.4, 0.5) is 13.2 Å². The van der Waals surface area contributed by atoms with Crippen molar-refractivity contribution in [3.8, 4) is 0 Å². The van der Waals surface area contributed by atoms with Crippen LogP contribution in [0.1, 0.15) is 58.9 Å². The van der Waals surface area contributed by atoms with Gasteiger partial charge in [0.1, 0.15) is 0 Å². The maximum absolute atomic E-state index is 12.5. The second kappa shape index (κ2) is 15.9. The Kier molecular flexibility index (Phi) is 14.0. The Balaban J connectivity index is 2.74. The lowest BCUT2D eigenvalue weighted by atomic mass is 10.1. The molecule has 8 heteroatoms. The van der Waals surface area contributed by atoms with E-state index in [1.54, 1.807) is 6.08 Å². The third-order valence-corrected chi connectivity index (χ3v) is 5.58. The number of hydrogen-bond acceptors (Lipinski definition) is 5. The number of halogens is 3. The van der Waals surface area contributed by atoms with E-state index >= 15 is 0 Å². The molecular weight excluding hydrogens is 429 g/mol. The van der Waals surface area contributed by atoms with Crippen molar-refractivity contribution in [3.63, 3.8) is 0 Å². The molecule has 1 heterocycles. The van der Waals surface area contributed by atoms with Crippen LogP contribution in [-0.2, 0) is 11.3 Å². The summed E-state index contributed by atoms with van der Waals surface area (Å²) in [6.07, 6.45) is 4.18. The topological polar surface area (TPSA) is 40.6 Å². The molecule has 0 spiro atoms. The van der Waals surface area contributed by atoms with Crippen molar-refractivity contribution in [2.75, 3.05) is 26.2 Å². The van der Waals surface area contributed by atoms with Gasteiger partial charge in [0.15, 0.2) is 0 Å². The third-order valence-electron chi connectivity index (χ3n) is 5.58. The average molecular weight is 471 g/mol. The van der Waals surface area contributed by atoms with E-state index in [9.17, 15) is 13.2 Å². The first-order chi connectivity index (χ1) is 15.7. The Labute approximate surface area is 197 Å². The number of pyridine rings is 1. The largest absolute Gasteiger partial charge is 0.523 e. The SMILES string of the molecule is C=CC(C/C=C(\C)NC(CCCC)N(CC)CCN(CC)Cc1ccncc1)OC(F)(F)F. The van der Waals surface area contributed by atoms with Crippen molar-refractivity contribution in [2.45, 2.75) is 78.6 Å². The molecule has 33 heavy (non-hydrogen) atoms. The molecule has 0 aliphatic carbocycles. The molecule has 1 aromatic rings. The normalized spacial score (nSPS) is 14.5. The van der Waals surface area contributed by atoms with Gasteiger partial charge in [-0.2, -0.15) is 0 Å². The Morgan fingerprint density at radius 1 is 1.18 bits per heavy atom. The Bertz CT molecular complexity index is 682. The highest BCUT2D eigenvalue weighted by molar-refractivity contribution is 5.09. The molecule has 1 aromatic heterocycles. The van der Waals surface area contributed by atoms with E-state index < -0.39 is 12.5 Å². The van der Waals surface area contributed by atoms with Crippen LogP contribution in [0, 0.1) is 0 Å². The second-order valence-corrected chi connectivity index (χ2v) is 8.12. The van der Waals surface area contributed by atoms with E-state index in [-0.39, 0.29) is 12.6 Å². The van der Waals surface area contributed by atoms with Crippen LogP contribution in [0.2, 0.25) is 0 Å². The molecule has 188 valence electrons. The van der Waals surface area contributed by atoms with Crippen LogP contribution in [-0.4, -0.2) is 59.6 Å². The molecule has 0 fully saturated rings. The van der Waals surface area contributed by atoms with Gasteiger partial charge in [0.05, 0.1) is 12.3 Å².